The molecule has 0 aliphatic heterocycles. The van der Waals surface area contributed by atoms with Gasteiger partial charge in [-0.15, -0.1) is 10.2 Å². The molecule has 2 heterocycles. The highest BCUT2D eigenvalue weighted by Crippen LogP contribution is 2.35. The first-order valence-corrected chi connectivity index (χ1v) is 11.2. The van der Waals surface area contributed by atoms with Gasteiger partial charge in [-0.25, -0.2) is 0 Å². The molecule has 0 saturated heterocycles. The Morgan fingerprint density at radius 1 is 1.26 bits per heavy atom. The van der Waals surface area contributed by atoms with Gasteiger partial charge in [0.1, 0.15) is 0 Å². The van der Waals surface area contributed by atoms with E-state index < -0.39 is 4.92 Å². The van der Waals surface area contributed by atoms with Crippen LogP contribution in [-0.4, -0.2) is 31.3 Å². The number of aromatic nitrogens is 3. The van der Waals surface area contributed by atoms with Crippen LogP contribution in [0.1, 0.15) is 43.7 Å². The van der Waals surface area contributed by atoms with E-state index in [1.807, 2.05) is 12.1 Å². The molecule has 31 heavy (non-hydrogen) atoms. The van der Waals surface area contributed by atoms with E-state index in [2.05, 4.69) is 20.1 Å². The zero-order chi connectivity index (χ0) is 21.8. The summed E-state index contributed by atoms with van der Waals surface area (Å²) in [5.41, 5.74) is 0.840. The third-order valence-corrected chi connectivity index (χ3v) is 6.40. The molecule has 0 spiro atoms. The molecule has 3 aromatic rings. The first-order chi connectivity index (χ1) is 15.0. The number of amides is 1. The molecule has 0 atom stereocenters. The number of rotatable bonds is 7. The second kappa shape index (κ2) is 9.34. The van der Waals surface area contributed by atoms with Crippen LogP contribution in [0, 0.1) is 17.0 Å². The van der Waals surface area contributed by atoms with E-state index in [0.717, 1.165) is 25.7 Å². The highest BCUT2D eigenvalue weighted by atomic mass is 32.2. The predicted octanol–water partition coefficient (Wildman–Crippen LogP) is 4.99. The summed E-state index contributed by atoms with van der Waals surface area (Å²) >= 11 is 1.30. The maximum absolute atomic E-state index is 12.6. The molecule has 162 valence electrons. The SMILES string of the molecule is Cc1c(NC(=O)CSc2nnc(-c3ccco3)n2C2CCCCC2)cccc1[N+](=O)[O-]. The Kier molecular flexibility index (Phi) is 6.36. The van der Waals surface area contributed by atoms with Crippen molar-refractivity contribution in [3.63, 3.8) is 0 Å². The van der Waals surface area contributed by atoms with E-state index >= 15 is 0 Å². The Balaban J connectivity index is 1.50. The Morgan fingerprint density at radius 2 is 2.06 bits per heavy atom. The molecular formula is C21H23N5O4S. The second-order valence-electron chi connectivity index (χ2n) is 7.49. The third kappa shape index (κ3) is 4.63. The van der Waals surface area contributed by atoms with Crippen LogP contribution in [0.25, 0.3) is 11.6 Å². The predicted molar refractivity (Wildman–Crippen MR) is 117 cm³/mol. The van der Waals surface area contributed by atoms with Crippen LogP contribution in [0.3, 0.4) is 0 Å². The molecule has 9 nitrogen and oxygen atoms in total. The van der Waals surface area contributed by atoms with Gasteiger partial charge < -0.3 is 9.73 Å². The van der Waals surface area contributed by atoms with Crippen molar-refractivity contribution in [1.82, 2.24) is 14.8 Å². The van der Waals surface area contributed by atoms with Crippen LogP contribution in [0.2, 0.25) is 0 Å². The quantitative estimate of drug-likeness (QED) is 0.312. The van der Waals surface area contributed by atoms with Crippen molar-refractivity contribution in [2.24, 2.45) is 0 Å². The fourth-order valence-corrected chi connectivity index (χ4v) is 4.70. The molecule has 1 aliphatic rings. The number of nitro groups is 1. The monoisotopic (exact) mass is 441 g/mol. The number of hydrogen-bond acceptors (Lipinski definition) is 7. The number of carbonyl (C=O) groups is 1. The second-order valence-corrected chi connectivity index (χ2v) is 8.43. The molecule has 1 amide bonds. The van der Waals surface area contributed by atoms with E-state index in [0.29, 0.717) is 28.0 Å². The van der Waals surface area contributed by atoms with Gasteiger partial charge in [0.05, 0.1) is 28.2 Å². The van der Waals surface area contributed by atoms with Gasteiger partial charge in [-0.1, -0.05) is 37.1 Å². The molecule has 1 saturated carbocycles. The lowest BCUT2D eigenvalue weighted by Crippen LogP contribution is -2.18. The highest BCUT2D eigenvalue weighted by molar-refractivity contribution is 7.99. The smallest absolute Gasteiger partial charge is 0.274 e. The molecule has 10 heteroatoms. The Bertz CT molecular complexity index is 1070. The van der Waals surface area contributed by atoms with Crippen LogP contribution in [0.4, 0.5) is 11.4 Å². The summed E-state index contributed by atoms with van der Waals surface area (Å²) in [5, 5.41) is 23.2. The first-order valence-electron chi connectivity index (χ1n) is 10.2. The van der Waals surface area contributed by atoms with Crippen LogP contribution in [0.5, 0.6) is 0 Å². The molecule has 1 N–H and O–H groups in total. The van der Waals surface area contributed by atoms with E-state index in [-0.39, 0.29) is 23.4 Å². The molecule has 1 aliphatic carbocycles. The van der Waals surface area contributed by atoms with Gasteiger partial charge in [0, 0.05) is 12.1 Å². The fraction of sp³-hybridized carbons (Fsp3) is 0.381. The van der Waals surface area contributed by atoms with Crippen molar-refractivity contribution in [3.8, 4) is 11.6 Å². The van der Waals surface area contributed by atoms with Crippen molar-refractivity contribution in [1.29, 1.82) is 0 Å². The van der Waals surface area contributed by atoms with Crippen molar-refractivity contribution in [3.05, 3.63) is 52.3 Å². The molecule has 2 aromatic heterocycles. The van der Waals surface area contributed by atoms with Gasteiger partial charge in [-0.3, -0.25) is 19.5 Å². The van der Waals surface area contributed by atoms with Crippen LogP contribution in [0.15, 0.2) is 46.2 Å². The summed E-state index contributed by atoms with van der Waals surface area (Å²) in [4.78, 5) is 23.2. The first kappa shape index (κ1) is 21.1. The number of anilines is 1. The molecule has 0 bridgehead atoms. The minimum absolute atomic E-state index is 0.0226. The number of furan rings is 1. The number of nitrogens with one attached hydrogen (secondary N) is 1. The van der Waals surface area contributed by atoms with Crippen molar-refractivity contribution in [2.45, 2.75) is 50.2 Å². The summed E-state index contributed by atoms with van der Waals surface area (Å²) < 4.78 is 7.64. The number of benzene rings is 1. The van der Waals surface area contributed by atoms with E-state index in [1.54, 1.807) is 25.3 Å². The lowest BCUT2D eigenvalue weighted by Gasteiger charge is -2.25. The average Bonchev–Trinajstić information content (AvgIpc) is 3.44. The molecule has 4 rings (SSSR count). The van der Waals surface area contributed by atoms with Gasteiger partial charge in [0.15, 0.2) is 10.9 Å². The number of hydrogen-bond donors (Lipinski definition) is 1. The van der Waals surface area contributed by atoms with E-state index in [4.69, 9.17) is 4.42 Å². The summed E-state index contributed by atoms with van der Waals surface area (Å²) in [7, 11) is 0. The zero-order valence-corrected chi connectivity index (χ0v) is 17.9. The molecule has 0 unspecified atom stereocenters. The fourth-order valence-electron chi connectivity index (χ4n) is 3.89. The molecule has 0 radical (unpaired) electrons. The normalized spacial score (nSPS) is 14.5. The van der Waals surface area contributed by atoms with Crippen molar-refractivity contribution >= 4 is 29.0 Å². The van der Waals surface area contributed by atoms with Crippen molar-refractivity contribution < 1.29 is 14.1 Å². The summed E-state index contributed by atoms with van der Waals surface area (Å²) in [6, 6.07) is 8.58. The number of carbonyl (C=O) groups excluding carboxylic acids is 1. The lowest BCUT2D eigenvalue weighted by molar-refractivity contribution is -0.385. The minimum atomic E-state index is -0.456. The average molecular weight is 442 g/mol. The lowest BCUT2D eigenvalue weighted by atomic mass is 9.95. The number of nitrogens with zero attached hydrogens (tertiary/aromatic N) is 4. The van der Waals surface area contributed by atoms with Gasteiger partial charge in [-0.05, 0) is 38.0 Å². The van der Waals surface area contributed by atoms with Crippen molar-refractivity contribution in [2.75, 3.05) is 11.1 Å². The molecular weight excluding hydrogens is 418 g/mol. The summed E-state index contributed by atoms with van der Waals surface area (Å²) in [6.07, 6.45) is 7.21. The van der Waals surface area contributed by atoms with E-state index in [1.165, 1.54) is 24.2 Å². The standard InChI is InChI=1S/C21H23N5O4S/c1-14-16(9-5-10-17(14)26(28)29)22-19(27)13-31-21-24-23-20(18-11-6-12-30-18)25(21)15-7-3-2-4-8-15/h5-6,9-12,15H,2-4,7-8,13H2,1H3,(H,22,27). The largest absolute Gasteiger partial charge is 0.461 e. The number of nitro benzene ring substituents is 1. The number of thioether (sulfide) groups is 1. The summed E-state index contributed by atoms with van der Waals surface area (Å²) in [5.74, 6) is 1.19. The molecule has 1 aromatic carbocycles. The van der Waals surface area contributed by atoms with Gasteiger partial charge in [0.25, 0.3) is 5.69 Å². The maximum Gasteiger partial charge on any atom is 0.274 e. The Morgan fingerprint density at radius 3 is 2.77 bits per heavy atom. The van der Waals surface area contributed by atoms with Crippen LogP contribution < -0.4 is 5.32 Å². The van der Waals surface area contributed by atoms with E-state index in [9.17, 15) is 14.9 Å². The van der Waals surface area contributed by atoms with Gasteiger partial charge in [0.2, 0.25) is 11.7 Å². The Labute approximate surface area is 183 Å². The van der Waals surface area contributed by atoms with Gasteiger partial charge >= 0.3 is 0 Å². The zero-order valence-electron chi connectivity index (χ0n) is 17.1. The third-order valence-electron chi connectivity index (χ3n) is 5.45. The van der Waals surface area contributed by atoms with Gasteiger partial charge in [-0.2, -0.15) is 0 Å². The maximum atomic E-state index is 12.6. The van der Waals surface area contributed by atoms with Crippen LogP contribution >= 0.6 is 11.8 Å². The minimum Gasteiger partial charge on any atom is -0.461 e. The molecule has 1 fully saturated rings. The Hall–Kier alpha value is -3.14. The summed E-state index contributed by atoms with van der Waals surface area (Å²) in [6.45, 7) is 1.62. The topological polar surface area (TPSA) is 116 Å². The highest BCUT2D eigenvalue weighted by Gasteiger charge is 2.25. The van der Waals surface area contributed by atoms with Crippen LogP contribution in [-0.2, 0) is 4.79 Å².